The number of hydrogen-bond donors (Lipinski definition) is 2. The zero-order valence-corrected chi connectivity index (χ0v) is 18.3. The third-order valence-electron chi connectivity index (χ3n) is 3.92. The van der Waals surface area contributed by atoms with E-state index in [1.165, 1.54) is 12.1 Å². The summed E-state index contributed by atoms with van der Waals surface area (Å²) in [5.74, 6) is 0.784. The molecule has 0 aliphatic rings. The van der Waals surface area contributed by atoms with E-state index in [4.69, 9.17) is 4.52 Å². The topological polar surface area (TPSA) is 71.7 Å². The van der Waals surface area contributed by atoms with Gasteiger partial charge in [-0.3, -0.25) is 4.99 Å². The third kappa shape index (κ3) is 6.94. The molecule has 10 heteroatoms. The van der Waals surface area contributed by atoms with E-state index in [0.717, 1.165) is 5.56 Å². The van der Waals surface area contributed by atoms with Gasteiger partial charge in [-0.2, -0.15) is 0 Å². The molecule has 30 heavy (non-hydrogen) atoms. The number of aromatic nitrogens is 1. The van der Waals surface area contributed by atoms with Gasteiger partial charge in [0.15, 0.2) is 11.7 Å². The second-order valence-corrected chi connectivity index (χ2v) is 5.98. The molecule has 0 spiro atoms. The van der Waals surface area contributed by atoms with Crippen LogP contribution in [0.1, 0.15) is 11.3 Å². The fourth-order valence-corrected chi connectivity index (χ4v) is 2.58. The largest absolute Gasteiger partial charge is 0.573 e. The van der Waals surface area contributed by atoms with E-state index >= 15 is 0 Å². The predicted molar refractivity (Wildman–Crippen MR) is 118 cm³/mol. The van der Waals surface area contributed by atoms with Gasteiger partial charge in [0.25, 0.3) is 0 Å². The first-order valence-electron chi connectivity index (χ1n) is 8.74. The van der Waals surface area contributed by atoms with Gasteiger partial charge >= 0.3 is 6.36 Å². The second-order valence-electron chi connectivity index (χ2n) is 5.98. The average Bonchev–Trinajstić information content (AvgIpc) is 3.18. The first kappa shape index (κ1) is 23.5. The molecule has 0 aliphatic heterocycles. The molecule has 160 valence electrons. The Labute approximate surface area is 188 Å². The van der Waals surface area contributed by atoms with Gasteiger partial charge in [0, 0.05) is 30.8 Å². The zero-order chi connectivity index (χ0) is 20.7. The number of aliphatic imine (C=N–C) groups is 1. The maximum absolute atomic E-state index is 12.5. The lowest BCUT2D eigenvalue weighted by molar-refractivity contribution is -0.274. The highest BCUT2D eigenvalue weighted by Crippen LogP contribution is 2.26. The summed E-state index contributed by atoms with van der Waals surface area (Å²) >= 11 is 0. The molecule has 0 radical (unpaired) electrons. The summed E-state index contributed by atoms with van der Waals surface area (Å²) in [6, 6.07) is 17.3. The fourth-order valence-electron chi connectivity index (χ4n) is 2.58. The Morgan fingerprint density at radius 2 is 1.70 bits per heavy atom. The van der Waals surface area contributed by atoms with E-state index in [1.54, 1.807) is 19.2 Å². The van der Waals surface area contributed by atoms with Crippen molar-refractivity contribution in [1.29, 1.82) is 0 Å². The Hall–Kier alpha value is -2.76. The summed E-state index contributed by atoms with van der Waals surface area (Å²) in [6.07, 6.45) is -4.75. The molecular formula is C20H20F3IN4O2. The smallest absolute Gasteiger partial charge is 0.405 e. The van der Waals surface area contributed by atoms with Crippen molar-refractivity contribution in [2.45, 2.75) is 19.5 Å². The summed E-state index contributed by atoms with van der Waals surface area (Å²) < 4.78 is 47.0. The van der Waals surface area contributed by atoms with Crippen molar-refractivity contribution < 1.29 is 22.4 Å². The van der Waals surface area contributed by atoms with Crippen molar-refractivity contribution in [1.82, 2.24) is 15.8 Å². The maximum Gasteiger partial charge on any atom is 0.573 e. The van der Waals surface area contributed by atoms with Crippen LogP contribution in [0.3, 0.4) is 0 Å². The number of alkyl halides is 3. The summed E-state index contributed by atoms with van der Waals surface area (Å²) in [7, 11) is 1.56. The quantitative estimate of drug-likeness (QED) is 0.273. The van der Waals surface area contributed by atoms with E-state index in [2.05, 4.69) is 25.5 Å². The standard InChI is InChI=1S/C20H19F3N4O2.HI/c1-24-19(25-12-15-9-5-6-10-17(15)28-20(21,22)23)26-13-16-11-18(29-27-16)14-7-3-2-4-8-14;/h2-11H,12-13H2,1H3,(H2,24,25,26);1H. The molecule has 0 aliphatic carbocycles. The van der Waals surface area contributed by atoms with Crippen molar-refractivity contribution >= 4 is 29.9 Å². The highest BCUT2D eigenvalue weighted by atomic mass is 127. The lowest BCUT2D eigenvalue weighted by atomic mass is 10.2. The summed E-state index contributed by atoms with van der Waals surface area (Å²) in [6.45, 7) is 0.427. The van der Waals surface area contributed by atoms with Crippen molar-refractivity contribution in [3.63, 3.8) is 0 Å². The Balaban J connectivity index is 0.00000320. The Bertz CT molecular complexity index is 962. The normalized spacial score (nSPS) is 11.5. The van der Waals surface area contributed by atoms with Gasteiger partial charge in [-0.25, -0.2) is 0 Å². The number of benzene rings is 2. The monoisotopic (exact) mass is 532 g/mol. The van der Waals surface area contributed by atoms with E-state index in [-0.39, 0.29) is 36.3 Å². The van der Waals surface area contributed by atoms with Crippen LogP contribution in [-0.4, -0.2) is 24.5 Å². The SMILES string of the molecule is CN=C(NCc1cc(-c2ccccc2)on1)NCc1ccccc1OC(F)(F)F.I. The first-order valence-corrected chi connectivity index (χ1v) is 8.74. The number of halogens is 4. The third-order valence-corrected chi connectivity index (χ3v) is 3.92. The van der Waals surface area contributed by atoms with Crippen LogP contribution >= 0.6 is 24.0 Å². The molecule has 0 fully saturated rings. The van der Waals surface area contributed by atoms with Crippen LogP contribution in [0.5, 0.6) is 5.75 Å². The van der Waals surface area contributed by atoms with Gasteiger partial charge in [-0.15, -0.1) is 37.1 Å². The van der Waals surface area contributed by atoms with Crippen molar-refractivity contribution in [3.8, 4) is 17.1 Å². The van der Waals surface area contributed by atoms with Gasteiger partial charge in [-0.1, -0.05) is 53.7 Å². The molecule has 3 aromatic rings. The van der Waals surface area contributed by atoms with Crippen LogP contribution < -0.4 is 15.4 Å². The molecule has 6 nitrogen and oxygen atoms in total. The minimum absolute atomic E-state index is 0. The number of ether oxygens (including phenoxy) is 1. The molecule has 0 atom stereocenters. The van der Waals surface area contributed by atoms with Gasteiger partial charge < -0.3 is 19.9 Å². The highest BCUT2D eigenvalue weighted by molar-refractivity contribution is 14.0. The summed E-state index contributed by atoms with van der Waals surface area (Å²) in [5, 5.41) is 10.0. The number of nitrogens with one attached hydrogen (secondary N) is 2. The van der Waals surface area contributed by atoms with Gasteiger partial charge in [0.05, 0.1) is 6.54 Å². The zero-order valence-electron chi connectivity index (χ0n) is 15.9. The number of rotatable bonds is 6. The van der Waals surface area contributed by atoms with Gasteiger partial charge in [0.1, 0.15) is 11.4 Å². The van der Waals surface area contributed by atoms with Crippen LogP contribution in [0.2, 0.25) is 0 Å². The molecule has 1 heterocycles. The molecule has 0 saturated heterocycles. The van der Waals surface area contributed by atoms with Crippen LogP contribution in [-0.2, 0) is 13.1 Å². The van der Waals surface area contributed by atoms with Crippen molar-refractivity contribution in [2.75, 3.05) is 7.05 Å². The maximum atomic E-state index is 12.5. The molecule has 0 bridgehead atoms. The first-order chi connectivity index (χ1) is 13.9. The number of hydrogen-bond acceptors (Lipinski definition) is 4. The number of nitrogens with zero attached hydrogens (tertiary/aromatic N) is 2. The van der Waals surface area contributed by atoms with E-state index < -0.39 is 6.36 Å². The van der Waals surface area contributed by atoms with Gasteiger partial charge in [0.2, 0.25) is 0 Å². The van der Waals surface area contributed by atoms with E-state index in [9.17, 15) is 13.2 Å². The number of guanidine groups is 1. The molecule has 0 amide bonds. The van der Waals surface area contributed by atoms with Crippen LogP contribution in [0.15, 0.2) is 70.2 Å². The van der Waals surface area contributed by atoms with Gasteiger partial charge in [-0.05, 0) is 6.07 Å². The van der Waals surface area contributed by atoms with E-state index in [1.807, 2.05) is 36.4 Å². The van der Waals surface area contributed by atoms with Crippen molar-refractivity contribution in [2.24, 2.45) is 4.99 Å². The Kier molecular flexibility index (Phi) is 8.51. The molecule has 2 aromatic carbocycles. The number of para-hydroxylation sites is 1. The predicted octanol–water partition coefficient (Wildman–Crippen LogP) is 4.72. The van der Waals surface area contributed by atoms with Crippen LogP contribution in [0, 0.1) is 0 Å². The Morgan fingerprint density at radius 3 is 2.40 bits per heavy atom. The molecule has 3 rings (SSSR count). The van der Waals surface area contributed by atoms with E-state index in [0.29, 0.717) is 29.5 Å². The summed E-state index contributed by atoms with van der Waals surface area (Å²) in [4.78, 5) is 4.06. The molecule has 1 aromatic heterocycles. The minimum atomic E-state index is -4.75. The molecule has 0 saturated carbocycles. The lowest BCUT2D eigenvalue weighted by Crippen LogP contribution is -2.36. The van der Waals surface area contributed by atoms with Crippen LogP contribution in [0.4, 0.5) is 13.2 Å². The second kappa shape index (κ2) is 10.9. The van der Waals surface area contributed by atoms with Crippen molar-refractivity contribution in [3.05, 3.63) is 71.9 Å². The lowest BCUT2D eigenvalue weighted by Gasteiger charge is -2.15. The Morgan fingerprint density at radius 1 is 1.03 bits per heavy atom. The average molecular weight is 532 g/mol. The summed E-state index contributed by atoms with van der Waals surface area (Å²) in [5.41, 5.74) is 1.92. The minimum Gasteiger partial charge on any atom is -0.405 e. The molecular weight excluding hydrogens is 512 g/mol. The van der Waals surface area contributed by atoms with Crippen LogP contribution in [0.25, 0.3) is 11.3 Å². The fraction of sp³-hybridized carbons (Fsp3) is 0.200. The molecule has 0 unspecified atom stereocenters. The molecule has 2 N–H and O–H groups in total. The highest BCUT2D eigenvalue weighted by Gasteiger charge is 2.31.